The minimum atomic E-state index is -0.483. The van der Waals surface area contributed by atoms with Gasteiger partial charge >= 0.3 is 0 Å². The Morgan fingerprint density at radius 3 is 3.00 bits per heavy atom. The number of hydrogen-bond acceptors (Lipinski definition) is 3. The summed E-state index contributed by atoms with van der Waals surface area (Å²) in [5.74, 6) is -0.639. The van der Waals surface area contributed by atoms with E-state index < -0.39 is 18.0 Å². The van der Waals surface area contributed by atoms with E-state index in [1.165, 1.54) is 18.2 Å². The predicted molar refractivity (Wildman–Crippen MR) is 57.4 cm³/mol. The number of nitrogens with one attached hydrogen (secondary N) is 2. The van der Waals surface area contributed by atoms with Crippen molar-refractivity contribution in [3.05, 3.63) is 30.1 Å². The molecule has 0 radical (unpaired) electrons. The summed E-state index contributed by atoms with van der Waals surface area (Å²) in [6.07, 6.45) is -0.0931. The number of halogens is 1. The Morgan fingerprint density at radius 2 is 2.38 bits per heavy atom. The smallest absolute Gasteiger partial charge is 0.241 e. The van der Waals surface area contributed by atoms with Gasteiger partial charge in [0.05, 0.1) is 12.1 Å². The molecule has 3 N–H and O–H groups in total. The van der Waals surface area contributed by atoms with Gasteiger partial charge in [-0.1, -0.05) is 6.07 Å². The molecule has 0 aliphatic carbocycles. The van der Waals surface area contributed by atoms with E-state index in [0.29, 0.717) is 18.7 Å². The van der Waals surface area contributed by atoms with Gasteiger partial charge in [0, 0.05) is 12.2 Å². The minimum Gasteiger partial charge on any atom is -0.392 e. The second kappa shape index (κ2) is 4.59. The summed E-state index contributed by atoms with van der Waals surface area (Å²) in [5, 5.41) is 14.7. The molecular formula is C11H13FN2O2. The lowest BCUT2D eigenvalue weighted by Crippen LogP contribution is -2.35. The molecule has 1 aliphatic heterocycles. The van der Waals surface area contributed by atoms with E-state index >= 15 is 0 Å². The van der Waals surface area contributed by atoms with Crippen molar-refractivity contribution in [2.24, 2.45) is 0 Å². The molecule has 1 fully saturated rings. The lowest BCUT2D eigenvalue weighted by Gasteiger charge is -2.10. The number of aliphatic hydroxyl groups excluding tert-OH is 1. The molecule has 86 valence electrons. The van der Waals surface area contributed by atoms with E-state index in [0.717, 1.165) is 0 Å². The van der Waals surface area contributed by atoms with Gasteiger partial charge in [0.1, 0.15) is 5.82 Å². The molecule has 0 bridgehead atoms. The largest absolute Gasteiger partial charge is 0.392 e. The van der Waals surface area contributed by atoms with E-state index in [4.69, 9.17) is 0 Å². The summed E-state index contributed by atoms with van der Waals surface area (Å²) >= 11 is 0. The summed E-state index contributed by atoms with van der Waals surface area (Å²) in [7, 11) is 0. The SMILES string of the molecule is O=C(Nc1cccc(F)c1)C1CC(O)CN1. The van der Waals surface area contributed by atoms with Crippen LogP contribution < -0.4 is 10.6 Å². The van der Waals surface area contributed by atoms with Gasteiger partial charge in [0.25, 0.3) is 0 Å². The Kier molecular flexibility index (Phi) is 3.17. The van der Waals surface area contributed by atoms with Crippen LogP contribution in [0.15, 0.2) is 24.3 Å². The molecule has 1 aliphatic rings. The molecule has 2 rings (SSSR count). The van der Waals surface area contributed by atoms with E-state index in [1.807, 2.05) is 0 Å². The van der Waals surface area contributed by atoms with Gasteiger partial charge in [-0.2, -0.15) is 0 Å². The number of anilines is 1. The second-order valence-corrected chi connectivity index (χ2v) is 3.85. The zero-order valence-electron chi connectivity index (χ0n) is 8.61. The van der Waals surface area contributed by atoms with Crippen LogP contribution in [0.3, 0.4) is 0 Å². The van der Waals surface area contributed by atoms with E-state index in [2.05, 4.69) is 10.6 Å². The van der Waals surface area contributed by atoms with Crippen molar-refractivity contribution in [2.75, 3.05) is 11.9 Å². The number of rotatable bonds is 2. The Balaban J connectivity index is 1.97. The Bertz CT molecular complexity index is 397. The first-order valence-electron chi connectivity index (χ1n) is 5.13. The van der Waals surface area contributed by atoms with E-state index in [-0.39, 0.29) is 5.91 Å². The minimum absolute atomic E-state index is 0.248. The van der Waals surface area contributed by atoms with Crippen LogP contribution in [0.1, 0.15) is 6.42 Å². The van der Waals surface area contributed by atoms with Gasteiger partial charge in [0.2, 0.25) is 5.91 Å². The summed E-state index contributed by atoms with van der Waals surface area (Å²) in [6, 6.07) is 5.31. The van der Waals surface area contributed by atoms with Crippen molar-refractivity contribution in [1.82, 2.24) is 5.32 Å². The van der Waals surface area contributed by atoms with Crippen molar-refractivity contribution in [1.29, 1.82) is 0 Å². The van der Waals surface area contributed by atoms with Crippen molar-refractivity contribution in [3.63, 3.8) is 0 Å². The third kappa shape index (κ3) is 2.56. The molecule has 1 aromatic carbocycles. The summed E-state index contributed by atoms with van der Waals surface area (Å²) in [5.41, 5.74) is 0.424. The highest BCUT2D eigenvalue weighted by Crippen LogP contribution is 2.12. The van der Waals surface area contributed by atoms with Crippen LogP contribution in [0.2, 0.25) is 0 Å². The number of β-amino-alcohol motifs (C(OH)–C–C–N with tert-alkyl or cyclic N) is 1. The first kappa shape index (κ1) is 11.0. The molecule has 1 aromatic rings. The standard InChI is InChI=1S/C11H13FN2O2/c12-7-2-1-3-8(4-7)14-11(16)10-5-9(15)6-13-10/h1-4,9-10,13,15H,5-6H2,(H,14,16). The quantitative estimate of drug-likeness (QED) is 0.685. The fraction of sp³-hybridized carbons (Fsp3) is 0.364. The maximum absolute atomic E-state index is 12.8. The lowest BCUT2D eigenvalue weighted by atomic mass is 10.2. The Morgan fingerprint density at radius 1 is 1.56 bits per heavy atom. The Hall–Kier alpha value is -1.46. The van der Waals surface area contributed by atoms with Crippen molar-refractivity contribution in [3.8, 4) is 0 Å². The van der Waals surface area contributed by atoms with E-state index in [1.54, 1.807) is 6.07 Å². The molecule has 0 saturated carbocycles. The third-order valence-electron chi connectivity index (χ3n) is 2.52. The number of amides is 1. The van der Waals surface area contributed by atoms with Crippen LogP contribution >= 0.6 is 0 Å². The van der Waals surface area contributed by atoms with Crippen LogP contribution in [0.4, 0.5) is 10.1 Å². The monoisotopic (exact) mass is 224 g/mol. The van der Waals surface area contributed by atoms with Gasteiger partial charge in [-0.15, -0.1) is 0 Å². The van der Waals surface area contributed by atoms with Gasteiger partial charge in [-0.05, 0) is 24.6 Å². The zero-order valence-corrected chi connectivity index (χ0v) is 8.61. The first-order valence-corrected chi connectivity index (χ1v) is 5.13. The van der Waals surface area contributed by atoms with Crippen molar-refractivity contribution >= 4 is 11.6 Å². The summed E-state index contributed by atoms with van der Waals surface area (Å²) < 4.78 is 12.8. The highest BCUT2D eigenvalue weighted by atomic mass is 19.1. The third-order valence-corrected chi connectivity index (χ3v) is 2.52. The maximum atomic E-state index is 12.8. The van der Waals surface area contributed by atoms with Crippen molar-refractivity contribution < 1.29 is 14.3 Å². The molecule has 16 heavy (non-hydrogen) atoms. The van der Waals surface area contributed by atoms with Gasteiger partial charge in [-0.3, -0.25) is 4.79 Å². The first-order chi connectivity index (χ1) is 7.65. The van der Waals surface area contributed by atoms with Gasteiger partial charge in [-0.25, -0.2) is 4.39 Å². The number of carbonyl (C=O) groups is 1. The molecular weight excluding hydrogens is 211 g/mol. The molecule has 1 amide bonds. The average molecular weight is 224 g/mol. The van der Waals surface area contributed by atoms with E-state index in [9.17, 15) is 14.3 Å². The molecule has 0 spiro atoms. The van der Waals surface area contributed by atoms with Crippen LogP contribution in [0, 0.1) is 5.82 Å². The molecule has 1 heterocycles. The molecule has 4 nitrogen and oxygen atoms in total. The molecule has 2 unspecified atom stereocenters. The molecule has 5 heteroatoms. The highest BCUT2D eigenvalue weighted by molar-refractivity contribution is 5.95. The molecule has 1 saturated heterocycles. The zero-order chi connectivity index (χ0) is 11.5. The number of aliphatic hydroxyl groups is 1. The number of carbonyl (C=O) groups excluding carboxylic acids is 1. The van der Waals surface area contributed by atoms with Crippen LogP contribution in [-0.4, -0.2) is 29.7 Å². The molecule has 2 atom stereocenters. The second-order valence-electron chi connectivity index (χ2n) is 3.85. The Labute approximate surface area is 92.5 Å². The maximum Gasteiger partial charge on any atom is 0.241 e. The lowest BCUT2D eigenvalue weighted by molar-refractivity contribution is -0.117. The normalized spacial score (nSPS) is 24.4. The summed E-state index contributed by atoms with van der Waals surface area (Å²) in [4.78, 5) is 11.7. The van der Waals surface area contributed by atoms with Crippen LogP contribution in [0.25, 0.3) is 0 Å². The highest BCUT2D eigenvalue weighted by Gasteiger charge is 2.27. The predicted octanol–water partition coefficient (Wildman–Crippen LogP) is 0.487. The fourth-order valence-electron chi connectivity index (χ4n) is 1.71. The fourth-order valence-corrected chi connectivity index (χ4v) is 1.71. The van der Waals surface area contributed by atoms with Gasteiger partial charge in [0.15, 0.2) is 0 Å². The number of benzene rings is 1. The van der Waals surface area contributed by atoms with Gasteiger partial charge < -0.3 is 15.7 Å². The topological polar surface area (TPSA) is 61.4 Å². The summed E-state index contributed by atoms with van der Waals surface area (Å²) in [6.45, 7) is 0.418. The van der Waals surface area contributed by atoms with Crippen LogP contribution in [0.5, 0.6) is 0 Å². The molecule has 0 aromatic heterocycles. The average Bonchev–Trinajstić information content (AvgIpc) is 2.65. The van der Waals surface area contributed by atoms with Crippen LogP contribution in [-0.2, 0) is 4.79 Å². The van der Waals surface area contributed by atoms with Crippen molar-refractivity contribution in [2.45, 2.75) is 18.6 Å². The number of hydrogen-bond donors (Lipinski definition) is 3.